The van der Waals surface area contributed by atoms with Gasteiger partial charge in [-0.3, -0.25) is 9.36 Å². The molecule has 8 nitrogen and oxygen atoms in total. The number of carbonyl (C=O) groups is 1. The minimum atomic E-state index is -3.50. The van der Waals surface area contributed by atoms with Crippen LogP contribution in [0, 0.1) is 0 Å². The zero-order chi connectivity index (χ0) is 23.4. The van der Waals surface area contributed by atoms with Crippen molar-refractivity contribution < 1.29 is 13.2 Å². The molecule has 2 bridgehead atoms. The summed E-state index contributed by atoms with van der Waals surface area (Å²) >= 11 is 0. The third kappa shape index (κ3) is 3.48. The fourth-order valence-corrected chi connectivity index (χ4v) is 5.86. The molecule has 4 aromatic rings. The van der Waals surface area contributed by atoms with Gasteiger partial charge in [0.2, 0.25) is 5.95 Å². The van der Waals surface area contributed by atoms with E-state index in [2.05, 4.69) is 15.3 Å². The molecule has 4 heterocycles. The van der Waals surface area contributed by atoms with Crippen LogP contribution >= 0.6 is 0 Å². The largest absolute Gasteiger partial charge is 0.333 e. The van der Waals surface area contributed by atoms with Crippen molar-refractivity contribution in [3.63, 3.8) is 0 Å². The highest BCUT2D eigenvalue weighted by Crippen LogP contribution is 2.31. The average Bonchev–Trinajstić information content (AvgIpc) is 3.58. The number of sulfone groups is 1. The molecule has 172 valence electrons. The van der Waals surface area contributed by atoms with Gasteiger partial charge in [-0.1, -0.05) is 36.4 Å². The maximum absolute atomic E-state index is 13.3. The molecule has 0 radical (unpaired) electrons. The number of fused-ring (bicyclic) bond motifs is 3. The molecule has 2 unspecified atom stereocenters. The molecule has 0 aliphatic carbocycles. The Morgan fingerprint density at radius 1 is 1.06 bits per heavy atom. The number of hydrogen-bond donors (Lipinski definition) is 1. The summed E-state index contributed by atoms with van der Waals surface area (Å²) in [6, 6.07) is 15.5. The summed E-state index contributed by atoms with van der Waals surface area (Å²) in [6.45, 7) is 1.51. The minimum absolute atomic E-state index is 0.0371. The molecule has 6 rings (SSSR count). The van der Waals surface area contributed by atoms with Crippen molar-refractivity contribution in [2.24, 2.45) is 0 Å². The molecular weight excluding hydrogens is 450 g/mol. The van der Waals surface area contributed by atoms with E-state index in [-0.39, 0.29) is 16.8 Å². The highest BCUT2D eigenvalue weighted by Gasteiger charge is 2.40. The number of nitrogens with one attached hydrogen (secondary N) is 1. The molecule has 2 atom stereocenters. The van der Waals surface area contributed by atoms with E-state index in [4.69, 9.17) is 0 Å². The SMILES string of the molecule is CS(=O)(=O)c1cn(-c2ncc(-c3ccccc3)cn2)c2cc(C(=O)N3CC4CC3CN4)ccc12. The lowest BCUT2D eigenvalue weighted by molar-refractivity contribution is 0.0716. The molecule has 0 saturated carbocycles. The summed E-state index contributed by atoms with van der Waals surface area (Å²) in [5.41, 5.74) is 2.96. The Hall–Kier alpha value is -3.56. The second-order valence-corrected chi connectivity index (χ2v) is 10.9. The number of rotatable bonds is 4. The topological polar surface area (TPSA) is 97.2 Å². The molecule has 2 saturated heterocycles. The van der Waals surface area contributed by atoms with Crippen LogP contribution in [-0.2, 0) is 9.84 Å². The molecule has 2 aromatic heterocycles. The highest BCUT2D eigenvalue weighted by atomic mass is 32.2. The maximum Gasteiger partial charge on any atom is 0.254 e. The molecule has 2 aliphatic heterocycles. The predicted molar refractivity (Wildman–Crippen MR) is 129 cm³/mol. The second kappa shape index (κ2) is 7.75. The standard InChI is InChI=1S/C25H23N5O3S/c1-34(32,33)23-15-30(25-27-11-18(12-28-25)16-5-3-2-4-6-16)22-9-17(7-8-21(22)23)24(31)29-14-19-10-20(29)13-26-19/h2-9,11-12,15,19-20,26H,10,13-14H2,1H3. The first-order valence-corrected chi connectivity index (χ1v) is 13.0. The van der Waals surface area contributed by atoms with Gasteiger partial charge in [0.25, 0.3) is 5.91 Å². The summed E-state index contributed by atoms with van der Waals surface area (Å²) in [7, 11) is -3.50. The van der Waals surface area contributed by atoms with Gasteiger partial charge in [-0.25, -0.2) is 18.4 Å². The molecular formula is C25H23N5O3S. The van der Waals surface area contributed by atoms with E-state index in [0.29, 0.717) is 35.0 Å². The number of nitrogens with zero attached hydrogens (tertiary/aromatic N) is 4. The number of benzene rings is 2. The lowest BCUT2D eigenvalue weighted by Crippen LogP contribution is -2.46. The van der Waals surface area contributed by atoms with Gasteiger partial charge in [0.15, 0.2) is 9.84 Å². The zero-order valence-electron chi connectivity index (χ0n) is 18.5. The van der Waals surface area contributed by atoms with Crippen LogP contribution in [0.5, 0.6) is 0 Å². The van der Waals surface area contributed by atoms with E-state index >= 15 is 0 Å². The van der Waals surface area contributed by atoms with Crippen LogP contribution in [0.4, 0.5) is 0 Å². The predicted octanol–water partition coefficient (Wildman–Crippen LogP) is 2.68. The molecule has 2 aliphatic rings. The summed E-state index contributed by atoms with van der Waals surface area (Å²) in [4.78, 5) is 24.4. The van der Waals surface area contributed by atoms with Gasteiger partial charge in [0.1, 0.15) is 0 Å². The van der Waals surface area contributed by atoms with E-state index in [0.717, 1.165) is 24.1 Å². The molecule has 1 amide bonds. The summed E-state index contributed by atoms with van der Waals surface area (Å²) in [5.74, 6) is 0.304. The third-order valence-electron chi connectivity index (χ3n) is 6.69. The lowest BCUT2D eigenvalue weighted by atomic mass is 10.1. The van der Waals surface area contributed by atoms with Crippen molar-refractivity contribution >= 4 is 26.6 Å². The number of likely N-dealkylation sites (tertiary alicyclic amines) is 1. The van der Waals surface area contributed by atoms with Crippen molar-refractivity contribution in [2.75, 3.05) is 19.3 Å². The number of amides is 1. The van der Waals surface area contributed by atoms with Crippen molar-refractivity contribution in [2.45, 2.75) is 23.4 Å². The van der Waals surface area contributed by atoms with E-state index in [1.807, 2.05) is 35.2 Å². The molecule has 34 heavy (non-hydrogen) atoms. The van der Waals surface area contributed by atoms with Crippen LogP contribution in [0.25, 0.3) is 28.0 Å². The average molecular weight is 474 g/mol. The first-order chi connectivity index (χ1) is 16.4. The molecule has 2 aromatic carbocycles. The van der Waals surface area contributed by atoms with Gasteiger partial charge in [-0.05, 0) is 24.1 Å². The van der Waals surface area contributed by atoms with E-state index in [1.165, 1.54) is 12.5 Å². The van der Waals surface area contributed by atoms with Gasteiger partial charge < -0.3 is 10.2 Å². The zero-order valence-corrected chi connectivity index (χ0v) is 19.4. The van der Waals surface area contributed by atoms with Crippen molar-refractivity contribution in [3.05, 3.63) is 72.7 Å². The first kappa shape index (κ1) is 21.0. The third-order valence-corrected chi connectivity index (χ3v) is 7.82. The molecule has 1 N–H and O–H groups in total. The monoisotopic (exact) mass is 473 g/mol. The Balaban J connectivity index is 1.44. The number of hydrogen-bond acceptors (Lipinski definition) is 6. The summed E-state index contributed by atoms with van der Waals surface area (Å²) < 4.78 is 26.7. The quantitative estimate of drug-likeness (QED) is 0.490. The highest BCUT2D eigenvalue weighted by molar-refractivity contribution is 7.91. The maximum atomic E-state index is 13.3. The van der Waals surface area contributed by atoms with Crippen LogP contribution < -0.4 is 5.32 Å². The molecule has 0 spiro atoms. The van der Waals surface area contributed by atoms with Gasteiger partial charge >= 0.3 is 0 Å². The lowest BCUT2D eigenvalue weighted by Gasteiger charge is -2.27. The van der Waals surface area contributed by atoms with Gasteiger partial charge in [0.05, 0.1) is 10.4 Å². The van der Waals surface area contributed by atoms with E-state index < -0.39 is 9.84 Å². The minimum Gasteiger partial charge on any atom is -0.333 e. The molecule has 2 fully saturated rings. The fourth-order valence-electron chi connectivity index (χ4n) is 4.99. The summed E-state index contributed by atoms with van der Waals surface area (Å²) in [5, 5.41) is 3.95. The number of carbonyl (C=O) groups excluding carboxylic acids is 1. The van der Waals surface area contributed by atoms with Crippen LogP contribution in [0.1, 0.15) is 16.8 Å². The van der Waals surface area contributed by atoms with Crippen LogP contribution in [0.2, 0.25) is 0 Å². The fraction of sp³-hybridized carbons (Fsp3) is 0.240. The van der Waals surface area contributed by atoms with Gasteiger partial charge in [-0.2, -0.15) is 0 Å². The first-order valence-electron chi connectivity index (χ1n) is 11.2. The number of piperazine rings is 1. The van der Waals surface area contributed by atoms with Gasteiger partial charge in [-0.15, -0.1) is 0 Å². The van der Waals surface area contributed by atoms with Crippen LogP contribution in [-0.4, -0.2) is 65.2 Å². The van der Waals surface area contributed by atoms with Crippen molar-refractivity contribution in [1.82, 2.24) is 24.8 Å². The van der Waals surface area contributed by atoms with Crippen LogP contribution in [0.3, 0.4) is 0 Å². The normalized spacial score (nSPS) is 19.7. The van der Waals surface area contributed by atoms with Crippen LogP contribution in [0.15, 0.2) is 72.0 Å². The Bertz CT molecular complexity index is 1510. The van der Waals surface area contributed by atoms with Crippen molar-refractivity contribution in [3.8, 4) is 17.1 Å². The molecule has 9 heteroatoms. The smallest absolute Gasteiger partial charge is 0.254 e. The second-order valence-electron chi connectivity index (χ2n) is 8.96. The Morgan fingerprint density at radius 2 is 1.82 bits per heavy atom. The Kier molecular flexibility index (Phi) is 4.79. The Labute approximate surface area is 197 Å². The van der Waals surface area contributed by atoms with E-state index in [1.54, 1.807) is 35.2 Å². The van der Waals surface area contributed by atoms with Gasteiger partial charge in [0, 0.05) is 66.5 Å². The van der Waals surface area contributed by atoms with E-state index in [9.17, 15) is 13.2 Å². The number of aromatic nitrogens is 3. The Morgan fingerprint density at radius 3 is 2.47 bits per heavy atom. The summed E-state index contributed by atoms with van der Waals surface area (Å²) in [6.07, 6.45) is 7.12. The van der Waals surface area contributed by atoms with Crippen molar-refractivity contribution in [1.29, 1.82) is 0 Å².